The van der Waals surface area contributed by atoms with Gasteiger partial charge in [-0.3, -0.25) is 4.57 Å². The number of benzene rings is 1. The van der Waals surface area contributed by atoms with Crippen LogP contribution in [0.3, 0.4) is 0 Å². The van der Waals surface area contributed by atoms with E-state index < -0.39 is 18.7 Å². The van der Waals surface area contributed by atoms with Crippen molar-refractivity contribution >= 4 is 13.6 Å². The van der Waals surface area contributed by atoms with E-state index in [9.17, 15) is 29.5 Å². The van der Waals surface area contributed by atoms with Crippen LogP contribution in [-0.4, -0.2) is 33.1 Å². The molecule has 3 N–H and O–H groups in total. The molecule has 9 heteroatoms. The van der Waals surface area contributed by atoms with Crippen molar-refractivity contribution in [3.05, 3.63) is 33.9 Å². The third kappa shape index (κ3) is 3.72. The molecule has 0 spiro atoms. The summed E-state index contributed by atoms with van der Waals surface area (Å²) in [7, 11) is -3.18. The molecular weight excluding hydrogens is 373 g/mol. The van der Waals surface area contributed by atoms with Crippen molar-refractivity contribution in [2.24, 2.45) is 0 Å². The van der Waals surface area contributed by atoms with Crippen molar-refractivity contribution < 1.29 is 33.7 Å². The van der Waals surface area contributed by atoms with Crippen molar-refractivity contribution in [3.63, 3.8) is 0 Å². The van der Waals surface area contributed by atoms with Gasteiger partial charge in [0.1, 0.15) is 23.7 Å². The molecule has 1 aromatic rings. The highest BCUT2D eigenvalue weighted by Crippen LogP contribution is 2.53. The van der Waals surface area contributed by atoms with Crippen molar-refractivity contribution in [2.45, 2.75) is 45.4 Å². The Morgan fingerprint density at radius 3 is 2.63 bits per heavy atom. The largest absolute Gasteiger partial charge is 0.507 e. The summed E-state index contributed by atoms with van der Waals surface area (Å²) in [5, 5.41) is 17.9. The summed E-state index contributed by atoms with van der Waals surface area (Å²) in [4.78, 5) is 30.7. The maximum atomic E-state index is 11.9. The smallest absolute Gasteiger partial charge is 0.345 e. The molecule has 0 fully saturated rings. The SMILES string of the molecule is COc1c(C)c2c(c(O)c1CC=C(C)CC(C)(C#N)P(=O)(O)O)C(=O)OC2. The second-order valence-corrected chi connectivity index (χ2v) is 8.85. The molecule has 146 valence electrons. The number of aromatic hydroxyl groups is 1. The molecule has 1 aromatic carbocycles. The van der Waals surface area contributed by atoms with Gasteiger partial charge in [0.2, 0.25) is 0 Å². The zero-order valence-electron chi connectivity index (χ0n) is 15.6. The number of carbonyl (C=O) groups excluding carboxylic acids is 1. The first-order chi connectivity index (χ1) is 12.5. The first-order valence-electron chi connectivity index (χ1n) is 8.17. The summed E-state index contributed by atoms with van der Waals surface area (Å²) >= 11 is 0. The highest BCUT2D eigenvalue weighted by atomic mass is 31.2. The maximum absolute atomic E-state index is 11.9. The van der Waals surface area contributed by atoms with E-state index in [0.717, 1.165) is 0 Å². The van der Waals surface area contributed by atoms with Gasteiger partial charge in [-0.25, -0.2) is 4.79 Å². The second-order valence-electron chi connectivity index (χ2n) is 6.78. The van der Waals surface area contributed by atoms with Crippen LogP contribution < -0.4 is 4.74 Å². The molecule has 0 bridgehead atoms. The fourth-order valence-electron chi connectivity index (χ4n) is 3.13. The number of cyclic esters (lactones) is 1. The Balaban J connectivity index is 2.41. The van der Waals surface area contributed by atoms with Crippen molar-refractivity contribution in [1.82, 2.24) is 0 Å². The quantitative estimate of drug-likeness (QED) is 0.380. The van der Waals surface area contributed by atoms with Crippen LogP contribution in [0.1, 0.15) is 47.3 Å². The third-order valence-corrected chi connectivity index (χ3v) is 6.35. The van der Waals surface area contributed by atoms with Gasteiger partial charge in [0, 0.05) is 11.1 Å². The monoisotopic (exact) mass is 395 g/mol. The first kappa shape index (κ1) is 21.0. The lowest BCUT2D eigenvalue weighted by Gasteiger charge is -2.23. The minimum atomic E-state index is -4.63. The lowest BCUT2D eigenvalue weighted by molar-refractivity contribution is 0.0533. The van der Waals surface area contributed by atoms with E-state index in [1.165, 1.54) is 14.0 Å². The summed E-state index contributed by atoms with van der Waals surface area (Å²) in [5.41, 5.74) is 2.32. The fraction of sp³-hybridized carbons (Fsp3) is 0.444. The van der Waals surface area contributed by atoms with Gasteiger partial charge in [-0.05, 0) is 39.2 Å². The topological polar surface area (TPSA) is 137 Å². The summed E-state index contributed by atoms with van der Waals surface area (Å²) < 4.78 is 22.0. The van der Waals surface area contributed by atoms with Gasteiger partial charge in [0.25, 0.3) is 0 Å². The van der Waals surface area contributed by atoms with Crippen LogP contribution in [0.25, 0.3) is 0 Å². The maximum Gasteiger partial charge on any atom is 0.345 e. The standard InChI is InChI=1S/C18H22NO7P/c1-10(7-18(3,9-19)27(22,23)24)5-6-12-15(20)14-13(8-26-17(14)21)11(2)16(12)25-4/h5,20H,6-8H2,1-4H3,(H2,22,23,24). The van der Waals surface area contributed by atoms with Gasteiger partial charge in [-0.15, -0.1) is 0 Å². The second kappa shape index (κ2) is 7.35. The Labute approximate surface area is 157 Å². The highest BCUT2D eigenvalue weighted by Gasteiger charge is 2.43. The summed E-state index contributed by atoms with van der Waals surface area (Å²) in [6, 6.07) is 1.69. The number of nitrogens with zero attached hydrogens (tertiary/aromatic N) is 1. The van der Waals surface area contributed by atoms with Gasteiger partial charge >= 0.3 is 13.6 Å². The zero-order valence-corrected chi connectivity index (χ0v) is 16.5. The van der Waals surface area contributed by atoms with E-state index in [1.54, 1.807) is 26.0 Å². The lowest BCUT2D eigenvalue weighted by Crippen LogP contribution is -2.22. The van der Waals surface area contributed by atoms with Crippen LogP contribution in [0.15, 0.2) is 11.6 Å². The van der Waals surface area contributed by atoms with Crippen LogP contribution in [0.2, 0.25) is 0 Å². The Morgan fingerprint density at radius 1 is 1.48 bits per heavy atom. The molecule has 1 atom stereocenters. The number of phenolic OH excluding ortho intramolecular Hbond substituents is 1. The molecule has 2 rings (SSSR count). The average Bonchev–Trinajstić information content (AvgIpc) is 2.97. The van der Waals surface area contributed by atoms with E-state index in [4.69, 9.17) is 9.47 Å². The Hall–Kier alpha value is -2.33. The number of nitriles is 1. The number of methoxy groups -OCH3 is 1. The predicted molar refractivity (Wildman–Crippen MR) is 96.7 cm³/mol. The van der Waals surface area contributed by atoms with Crippen LogP contribution in [0.4, 0.5) is 0 Å². The molecule has 0 aromatic heterocycles. The zero-order chi connectivity index (χ0) is 20.6. The molecule has 8 nitrogen and oxygen atoms in total. The molecule has 27 heavy (non-hydrogen) atoms. The van der Waals surface area contributed by atoms with E-state index >= 15 is 0 Å². The summed E-state index contributed by atoms with van der Waals surface area (Å²) in [5.74, 6) is -0.405. The number of hydrogen-bond donors (Lipinski definition) is 3. The molecule has 0 radical (unpaired) electrons. The van der Waals surface area contributed by atoms with E-state index in [0.29, 0.717) is 28.0 Å². The van der Waals surface area contributed by atoms with Crippen LogP contribution in [0, 0.1) is 18.3 Å². The van der Waals surface area contributed by atoms with Crippen molar-refractivity contribution in [2.75, 3.05) is 7.11 Å². The molecule has 1 aliphatic heterocycles. The molecule has 0 saturated carbocycles. The third-order valence-electron chi connectivity index (χ3n) is 4.81. The van der Waals surface area contributed by atoms with Crippen molar-refractivity contribution in [1.29, 1.82) is 5.26 Å². The molecule has 1 heterocycles. The van der Waals surface area contributed by atoms with E-state index in [-0.39, 0.29) is 30.8 Å². The lowest BCUT2D eigenvalue weighted by atomic mass is 9.94. The summed E-state index contributed by atoms with van der Waals surface area (Å²) in [6.07, 6.45) is 1.67. The Morgan fingerprint density at radius 2 is 2.11 bits per heavy atom. The number of hydrogen-bond acceptors (Lipinski definition) is 6. The number of rotatable bonds is 6. The van der Waals surface area contributed by atoms with Crippen LogP contribution in [-0.2, 0) is 22.3 Å². The molecule has 0 amide bonds. The number of allylic oxidation sites excluding steroid dienone is 2. The fourth-order valence-corrected chi connectivity index (χ4v) is 3.71. The normalized spacial score (nSPS) is 16.3. The van der Waals surface area contributed by atoms with Gasteiger partial charge in [0.05, 0.1) is 13.2 Å². The molecule has 0 saturated heterocycles. The van der Waals surface area contributed by atoms with Gasteiger partial charge in [-0.1, -0.05) is 11.6 Å². The minimum absolute atomic E-state index is 0.0713. The van der Waals surface area contributed by atoms with Gasteiger partial charge in [0.15, 0.2) is 5.16 Å². The first-order valence-corrected chi connectivity index (χ1v) is 9.79. The molecule has 1 aliphatic rings. The molecular formula is C18H22NO7P. The number of ether oxygens (including phenoxy) is 2. The molecule has 1 unspecified atom stereocenters. The highest BCUT2D eigenvalue weighted by molar-refractivity contribution is 7.53. The number of carbonyl (C=O) groups is 1. The number of phenols is 1. The van der Waals surface area contributed by atoms with Crippen LogP contribution >= 0.6 is 7.60 Å². The van der Waals surface area contributed by atoms with E-state index in [1.807, 2.05) is 0 Å². The average molecular weight is 395 g/mol. The van der Waals surface area contributed by atoms with Gasteiger partial charge < -0.3 is 24.4 Å². The van der Waals surface area contributed by atoms with E-state index in [2.05, 4.69) is 0 Å². The predicted octanol–water partition coefficient (Wildman–Crippen LogP) is 2.72. The summed E-state index contributed by atoms with van der Waals surface area (Å²) in [6.45, 7) is 4.68. The Kier molecular flexibility index (Phi) is 5.71. The van der Waals surface area contributed by atoms with Crippen LogP contribution in [0.5, 0.6) is 11.5 Å². The molecule has 0 aliphatic carbocycles. The number of esters is 1. The number of fused-ring (bicyclic) bond motifs is 1. The Bertz CT molecular complexity index is 910. The van der Waals surface area contributed by atoms with Crippen molar-refractivity contribution in [3.8, 4) is 17.6 Å². The van der Waals surface area contributed by atoms with Gasteiger partial charge in [-0.2, -0.15) is 5.26 Å². The minimum Gasteiger partial charge on any atom is -0.507 e.